The van der Waals surface area contributed by atoms with Crippen LogP contribution in [0.5, 0.6) is 5.75 Å². The lowest BCUT2D eigenvalue weighted by Crippen LogP contribution is -2.01. The van der Waals surface area contributed by atoms with Crippen LogP contribution in [0.3, 0.4) is 0 Å². The highest BCUT2D eigenvalue weighted by Crippen LogP contribution is 2.17. The number of rotatable bonds is 5. The summed E-state index contributed by atoms with van der Waals surface area (Å²) in [4.78, 5) is 3.96. The molecule has 0 amide bonds. The largest absolute Gasteiger partial charge is 0.492 e. The fourth-order valence-electron chi connectivity index (χ4n) is 1.74. The Balaban J connectivity index is 1.84. The third-order valence-electron chi connectivity index (χ3n) is 2.73. The number of benzene rings is 1. The van der Waals surface area contributed by atoms with Crippen molar-refractivity contribution in [1.29, 1.82) is 5.26 Å². The van der Waals surface area contributed by atoms with E-state index in [-0.39, 0.29) is 0 Å². The van der Waals surface area contributed by atoms with Crippen LogP contribution in [0.2, 0.25) is 5.15 Å². The number of ether oxygens (including phenoxy) is 1. The Labute approximate surface area is 136 Å². The molecular weight excluding hydrogens is 387 g/mol. The Morgan fingerprint density at radius 1 is 1.30 bits per heavy atom. The second kappa shape index (κ2) is 7.46. The molecule has 0 aliphatic carbocycles. The molecule has 0 atom stereocenters. The minimum absolute atomic E-state index is 0.459. The van der Waals surface area contributed by atoms with Crippen LogP contribution in [0.1, 0.15) is 17.5 Å². The van der Waals surface area contributed by atoms with Gasteiger partial charge in [0.15, 0.2) is 0 Å². The average Bonchev–Trinajstić information content (AvgIpc) is 2.47. The van der Waals surface area contributed by atoms with Crippen molar-refractivity contribution in [2.24, 2.45) is 0 Å². The van der Waals surface area contributed by atoms with E-state index in [9.17, 15) is 0 Å². The van der Waals surface area contributed by atoms with Gasteiger partial charge in [-0.2, -0.15) is 5.26 Å². The van der Waals surface area contributed by atoms with Crippen LogP contribution in [0, 0.1) is 14.9 Å². The molecule has 0 spiro atoms. The van der Waals surface area contributed by atoms with E-state index in [0.29, 0.717) is 17.3 Å². The van der Waals surface area contributed by atoms with Crippen LogP contribution in [-0.2, 0) is 6.42 Å². The number of aryl methyl sites for hydroxylation is 1. The number of pyridine rings is 1. The van der Waals surface area contributed by atoms with Gasteiger partial charge in [0.05, 0.1) is 24.4 Å². The molecule has 0 aliphatic rings. The molecule has 1 heterocycles. The molecule has 0 unspecified atom stereocenters. The third-order valence-corrected chi connectivity index (χ3v) is 4.01. The van der Waals surface area contributed by atoms with Gasteiger partial charge < -0.3 is 4.74 Å². The first-order valence-corrected chi connectivity index (χ1v) is 7.57. The van der Waals surface area contributed by atoms with Crippen LogP contribution in [0.15, 0.2) is 36.5 Å². The minimum atomic E-state index is 0.459. The molecule has 5 heteroatoms. The van der Waals surface area contributed by atoms with E-state index in [2.05, 4.69) is 33.6 Å². The van der Waals surface area contributed by atoms with Crippen molar-refractivity contribution >= 4 is 34.2 Å². The third kappa shape index (κ3) is 4.36. The minimum Gasteiger partial charge on any atom is -0.492 e. The highest BCUT2D eigenvalue weighted by atomic mass is 127. The van der Waals surface area contributed by atoms with Crippen LogP contribution in [0.25, 0.3) is 0 Å². The Hall–Kier alpha value is -1.32. The number of nitrogens with zero attached hydrogens (tertiary/aromatic N) is 2. The SMILES string of the molecule is N#Cc1ccc(I)c(CCCOc2ccc(Cl)nc2)c1. The number of nitriles is 1. The topological polar surface area (TPSA) is 45.9 Å². The summed E-state index contributed by atoms with van der Waals surface area (Å²) >= 11 is 7.99. The molecule has 1 aromatic carbocycles. The molecule has 0 radical (unpaired) electrons. The van der Waals surface area contributed by atoms with Crippen molar-refractivity contribution in [2.75, 3.05) is 6.61 Å². The van der Waals surface area contributed by atoms with Crippen molar-refractivity contribution in [2.45, 2.75) is 12.8 Å². The number of hydrogen-bond acceptors (Lipinski definition) is 3. The smallest absolute Gasteiger partial charge is 0.137 e. The van der Waals surface area contributed by atoms with Crippen molar-refractivity contribution in [1.82, 2.24) is 4.98 Å². The highest BCUT2D eigenvalue weighted by molar-refractivity contribution is 14.1. The van der Waals surface area contributed by atoms with Crippen LogP contribution >= 0.6 is 34.2 Å². The lowest BCUT2D eigenvalue weighted by molar-refractivity contribution is 0.310. The number of aromatic nitrogens is 1. The summed E-state index contributed by atoms with van der Waals surface area (Å²) in [6.07, 6.45) is 3.38. The fourth-order valence-corrected chi connectivity index (χ4v) is 2.45. The van der Waals surface area contributed by atoms with E-state index >= 15 is 0 Å². The molecular formula is C15H12ClIN2O. The zero-order valence-electron chi connectivity index (χ0n) is 10.6. The zero-order valence-corrected chi connectivity index (χ0v) is 13.6. The van der Waals surface area contributed by atoms with Gasteiger partial charge in [-0.15, -0.1) is 0 Å². The number of hydrogen-bond donors (Lipinski definition) is 0. The summed E-state index contributed by atoms with van der Waals surface area (Å²) in [5, 5.41) is 9.36. The molecule has 0 aliphatic heterocycles. The monoisotopic (exact) mass is 398 g/mol. The van der Waals surface area contributed by atoms with Gasteiger partial charge in [0.2, 0.25) is 0 Å². The predicted molar refractivity (Wildman–Crippen MR) is 86.9 cm³/mol. The van der Waals surface area contributed by atoms with Crippen molar-refractivity contribution in [3.8, 4) is 11.8 Å². The average molecular weight is 399 g/mol. The highest BCUT2D eigenvalue weighted by Gasteiger charge is 2.02. The van der Waals surface area contributed by atoms with Gasteiger partial charge in [-0.25, -0.2) is 4.98 Å². The van der Waals surface area contributed by atoms with E-state index < -0.39 is 0 Å². The Morgan fingerprint density at radius 3 is 2.85 bits per heavy atom. The molecule has 2 aromatic rings. The fraction of sp³-hybridized carbons (Fsp3) is 0.200. The Morgan fingerprint density at radius 2 is 2.15 bits per heavy atom. The molecule has 0 N–H and O–H groups in total. The quantitative estimate of drug-likeness (QED) is 0.430. The molecule has 3 nitrogen and oxygen atoms in total. The van der Waals surface area contributed by atoms with Gasteiger partial charge in [-0.1, -0.05) is 11.6 Å². The van der Waals surface area contributed by atoms with E-state index in [1.807, 2.05) is 18.2 Å². The van der Waals surface area contributed by atoms with Crippen LogP contribution in [0.4, 0.5) is 0 Å². The van der Waals surface area contributed by atoms with Crippen molar-refractivity contribution in [3.63, 3.8) is 0 Å². The predicted octanol–water partition coefficient (Wildman–Crippen LogP) is 4.22. The maximum atomic E-state index is 8.90. The summed E-state index contributed by atoms with van der Waals surface area (Å²) in [6, 6.07) is 11.4. The van der Waals surface area contributed by atoms with Gasteiger partial charge in [0.1, 0.15) is 10.9 Å². The Kier molecular flexibility index (Phi) is 5.62. The molecule has 0 saturated carbocycles. The van der Waals surface area contributed by atoms with Crippen LogP contribution < -0.4 is 4.74 Å². The van der Waals surface area contributed by atoms with E-state index in [4.69, 9.17) is 21.6 Å². The molecule has 0 bridgehead atoms. The molecule has 102 valence electrons. The van der Waals surface area contributed by atoms with Gasteiger partial charge in [0, 0.05) is 3.57 Å². The number of halogens is 2. The standard InChI is InChI=1S/C15H12ClIN2O/c16-15-6-4-13(10-19-15)20-7-1-2-12-8-11(9-18)3-5-14(12)17/h3-6,8,10H,1-2,7H2. The zero-order chi connectivity index (χ0) is 14.4. The lowest BCUT2D eigenvalue weighted by atomic mass is 10.1. The second-order valence-electron chi connectivity index (χ2n) is 4.19. The van der Waals surface area contributed by atoms with Crippen molar-refractivity contribution in [3.05, 3.63) is 56.4 Å². The van der Waals surface area contributed by atoms with E-state index in [0.717, 1.165) is 18.6 Å². The first-order valence-electron chi connectivity index (χ1n) is 6.12. The maximum Gasteiger partial charge on any atom is 0.137 e. The molecule has 0 fully saturated rings. The first-order chi connectivity index (χ1) is 9.69. The maximum absolute atomic E-state index is 8.90. The van der Waals surface area contributed by atoms with Crippen molar-refractivity contribution < 1.29 is 4.74 Å². The summed E-state index contributed by atoms with van der Waals surface area (Å²) in [5.74, 6) is 0.717. The second-order valence-corrected chi connectivity index (χ2v) is 5.74. The normalized spacial score (nSPS) is 10.1. The summed E-state index contributed by atoms with van der Waals surface area (Å²) in [5.41, 5.74) is 1.88. The lowest BCUT2D eigenvalue weighted by Gasteiger charge is -2.07. The molecule has 20 heavy (non-hydrogen) atoms. The summed E-state index contributed by atoms with van der Waals surface area (Å²) in [6.45, 7) is 0.607. The van der Waals surface area contributed by atoms with E-state index in [1.54, 1.807) is 18.3 Å². The van der Waals surface area contributed by atoms with E-state index in [1.165, 1.54) is 9.13 Å². The summed E-state index contributed by atoms with van der Waals surface area (Å²) in [7, 11) is 0. The molecule has 1 aromatic heterocycles. The van der Waals surface area contributed by atoms with Gasteiger partial charge in [-0.3, -0.25) is 0 Å². The van der Waals surface area contributed by atoms with Gasteiger partial charge in [-0.05, 0) is 71.3 Å². The van der Waals surface area contributed by atoms with Gasteiger partial charge >= 0.3 is 0 Å². The molecule has 2 rings (SSSR count). The first kappa shape index (κ1) is 15.1. The van der Waals surface area contributed by atoms with Crippen LogP contribution in [-0.4, -0.2) is 11.6 Å². The summed E-state index contributed by atoms with van der Waals surface area (Å²) < 4.78 is 6.77. The molecule has 0 saturated heterocycles. The Bertz CT molecular complexity index is 623. The van der Waals surface area contributed by atoms with Gasteiger partial charge in [0.25, 0.3) is 0 Å².